The van der Waals surface area contributed by atoms with Crippen molar-refractivity contribution in [2.24, 2.45) is 0 Å². The molecule has 26 heavy (non-hydrogen) atoms. The smallest absolute Gasteiger partial charge is 0.0159 e. The van der Waals surface area contributed by atoms with Crippen molar-refractivity contribution in [1.82, 2.24) is 0 Å². The molecule has 0 saturated heterocycles. The van der Waals surface area contributed by atoms with Gasteiger partial charge in [0.05, 0.1) is 0 Å². The van der Waals surface area contributed by atoms with Crippen LogP contribution in [0.4, 0.5) is 0 Å². The van der Waals surface area contributed by atoms with Gasteiger partial charge in [-0.3, -0.25) is 0 Å². The van der Waals surface area contributed by atoms with Gasteiger partial charge in [-0.15, -0.1) is 0 Å². The molecule has 0 heterocycles. The van der Waals surface area contributed by atoms with Gasteiger partial charge >= 0.3 is 0 Å². The predicted octanol–water partition coefficient (Wildman–Crippen LogP) is 7.12. The second kappa shape index (κ2) is 5.32. The first-order valence-corrected chi connectivity index (χ1v) is 9.30. The van der Waals surface area contributed by atoms with E-state index >= 15 is 0 Å². The van der Waals surface area contributed by atoms with E-state index in [1.54, 1.807) is 0 Å². The minimum absolute atomic E-state index is 0.0441. The topological polar surface area (TPSA) is 0 Å². The molecule has 4 aromatic rings. The summed E-state index contributed by atoms with van der Waals surface area (Å²) < 4.78 is 0. The van der Waals surface area contributed by atoms with E-state index < -0.39 is 0 Å². The predicted molar refractivity (Wildman–Crippen MR) is 112 cm³/mol. The Bertz CT molecular complexity index is 1160. The first-order chi connectivity index (χ1) is 12.6. The number of fused-ring (bicyclic) bond motifs is 4. The highest BCUT2D eigenvalue weighted by atomic mass is 14.4. The zero-order chi connectivity index (χ0) is 17.9. The zero-order valence-electron chi connectivity index (χ0n) is 15.5. The molecule has 0 aromatic heterocycles. The Labute approximate surface area is 155 Å². The maximum Gasteiger partial charge on any atom is 0.0159 e. The quantitative estimate of drug-likeness (QED) is 0.347. The molecule has 0 atom stereocenters. The maximum atomic E-state index is 2.41. The molecule has 1 aliphatic carbocycles. The van der Waals surface area contributed by atoms with E-state index in [1.807, 2.05) is 0 Å². The first-order valence-electron chi connectivity index (χ1n) is 9.30. The SMILES string of the molecule is Cc1ccc(-c2ccc3c(c2)C(C)(C)c2ccccc2-3)c2ccccc12. The Balaban J connectivity index is 1.76. The molecule has 126 valence electrons. The summed E-state index contributed by atoms with van der Waals surface area (Å²) in [5, 5.41) is 2.67. The van der Waals surface area contributed by atoms with Crippen LogP contribution in [0.1, 0.15) is 30.5 Å². The van der Waals surface area contributed by atoms with E-state index in [-0.39, 0.29) is 5.41 Å². The molecule has 0 saturated carbocycles. The van der Waals surface area contributed by atoms with Crippen LogP contribution >= 0.6 is 0 Å². The van der Waals surface area contributed by atoms with Gasteiger partial charge in [-0.1, -0.05) is 86.6 Å². The van der Waals surface area contributed by atoms with Crippen LogP contribution in [0.15, 0.2) is 78.9 Å². The van der Waals surface area contributed by atoms with Crippen LogP contribution in [0.5, 0.6) is 0 Å². The highest BCUT2D eigenvalue weighted by Gasteiger charge is 2.35. The molecule has 0 nitrogen and oxygen atoms in total. The van der Waals surface area contributed by atoms with E-state index in [0.717, 1.165) is 0 Å². The number of benzene rings is 4. The molecule has 4 aromatic carbocycles. The summed E-state index contributed by atoms with van der Waals surface area (Å²) in [4.78, 5) is 0. The maximum absolute atomic E-state index is 2.41. The fraction of sp³-hybridized carbons (Fsp3) is 0.154. The van der Waals surface area contributed by atoms with E-state index in [1.165, 1.54) is 49.7 Å². The van der Waals surface area contributed by atoms with Gasteiger partial charge in [-0.05, 0) is 62.7 Å². The van der Waals surface area contributed by atoms with Crippen LogP contribution in [0, 0.1) is 6.92 Å². The summed E-state index contributed by atoms with van der Waals surface area (Å²) in [6.07, 6.45) is 0. The van der Waals surface area contributed by atoms with Crippen molar-refractivity contribution in [1.29, 1.82) is 0 Å². The molecule has 0 heteroatoms. The van der Waals surface area contributed by atoms with Crippen molar-refractivity contribution >= 4 is 10.8 Å². The van der Waals surface area contributed by atoms with Crippen LogP contribution in [0.25, 0.3) is 33.0 Å². The molecule has 0 fully saturated rings. The molecule has 0 spiro atoms. The van der Waals surface area contributed by atoms with Crippen molar-refractivity contribution in [2.75, 3.05) is 0 Å². The third-order valence-electron chi connectivity index (χ3n) is 6.04. The lowest BCUT2D eigenvalue weighted by atomic mass is 9.81. The van der Waals surface area contributed by atoms with Crippen molar-refractivity contribution in [3.8, 4) is 22.3 Å². The normalized spacial score (nSPS) is 14.3. The molecular formula is C26H22. The van der Waals surface area contributed by atoms with Crippen molar-refractivity contribution < 1.29 is 0 Å². The van der Waals surface area contributed by atoms with Crippen LogP contribution in [-0.4, -0.2) is 0 Å². The van der Waals surface area contributed by atoms with E-state index in [0.29, 0.717) is 0 Å². The summed E-state index contributed by atoms with van der Waals surface area (Å²) in [6, 6.07) is 29.1. The molecule has 5 rings (SSSR count). The monoisotopic (exact) mass is 334 g/mol. The van der Waals surface area contributed by atoms with Crippen LogP contribution in [-0.2, 0) is 5.41 Å². The second-order valence-corrected chi connectivity index (χ2v) is 7.91. The molecule has 1 aliphatic rings. The second-order valence-electron chi connectivity index (χ2n) is 7.91. The van der Waals surface area contributed by atoms with Gasteiger partial charge in [0.2, 0.25) is 0 Å². The van der Waals surface area contributed by atoms with Gasteiger partial charge in [-0.2, -0.15) is 0 Å². The zero-order valence-corrected chi connectivity index (χ0v) is 15.5. The summed E-state index contributed by atoms with van der Waals surface area (Å²) in [7, 11) is 0. The van der Waals surface area contributed by atoms with Gasteiger partial charge in [0.15, 0.2) is 0 Å². The third kappa shape index (κ3) is 2.02. The summed E-state index contributed by atoms with van der Waals surface area (Å²) in [6.45, 7) is 6.87. The van der Waals surface area contributed by atoms with E-state index in [9.17, 15) is 0 Å². The number of aryl methyl sites for hydroxylation is 1. The van der Waals surface area contributed by atoms with Crippen LogP contribution in [0.3, 0.4) is 0 Å². The van der Waals surface area contributed by atoms with Crippen LogP contribution < -0.4 is 0 Å². The largest absolute Gasteiger partial charge is 0.0619 e. The van der Waals surface area contributed by atoms with Crippen molar-refractivity contribution in [3.63, 3.8) is 0 Å². The Hall–Kier alpha value is -2.86. The number of rotatable bonds is 1. The van der Waals surface area contributed by atoms with Gasteiger partial charge in [0, 0.05) is 5.41 Å². The van der Waals surface area contributed by atoms with Crippen molar-refractivity contribution in [2.45, 2.75) is 26.2 Å². The fourth-order valence-corrected chi connectivity index (χ4v) is 4.57. The molecule has 0 unspecified atom stereocenters. The van der Waals surface area contributed by atoms with Gasteiger partial charge in [0.1, 0.15) is 0 Å². The molecule has 0 radical (unpaired) electrons. The molecular weight excluding hydrogens is 312 g/mol. The summed E-state index contributed by atoms with van der Waals surface area (Å²) in [5.41, 5.74) is 9.63. The van der Waals surface area contributed by atoms with Crippen LogP contribution in [0.2, 0.25) is 0 Å². The average Bonchev–Trinajstić information content (AvgIpc) is 2.90. The van der Waals surface area contributed by atoms with Gasteiger partial charge in [-0.25, -0.2) is 0 Å². The van der Waals surface area contributed by atoms with E-state index in [4.69, 9.17) is 0 Å². The average molecular weight is 334 g/mol. The molecule has 0 aliphatic heterocycles. The highest BCUT2D eigenvalue weighted by Crippen LogP contribution is 2.49. The third-order valence-corrected chi connectivity index (χ3v) is 6.04. The highest BCUT2D eigenvalue weighted by molar-refractivity contribution is 5.99. The Morgan fingerprint density at radius 2 is 1.23 bits per heavy atom. The number of hydrogen-bond donors (Lipinski definition) is 0. The summed E-state index contributed by atoms with van der Waals surface area (Å²) in [5.74, 6) is 0. The Morgan fingerprint density at radius 3 is 2.08 bits per heavy atom. The Kier molecular flexibility index (Phi) is 3.15. The van der Waals surface area contributed by atoms with E-state index in [2.05, 4.69) is 99.6 Å². The Morgan fingerprint density at radius 1 is 0.577 bits per heavy atom. The first kappa shape index (κ1) is 15.4. The fourth-order valence-electron chi connectivity index (χ4n) is 4.57. The lowest BCUT2D eigenvalue weighted by molar-refractivity contribution is 0.660. The van der Waals surface area contributed by atoms with Crippen molar-refractivity contribution in [3.05, 3.63) is 95.6 Å². The minimum Gasteiger partial charge on any atom is -0.0619 e. The molecule has 0 amide bonds. The van der Waals surface area contributed by atoms with Gasteiger partial charge in [0.25, 0.3) is 0 Å². The summed E-state index contributed by atoms with van der Waals surface area (Å²) >= 11 is 0. The molecule has 0 bridgehead atoms. The lowest BCUT2D eigenvalue weighted by Gasteiger charge is -2.22. The standard InChI is InChI=1S/C26H22/c1-17-12-14-20(21-9-5-4-8-19(17)21)18-13-15-23-22-10-6-7-11-24(22)26(2,3)25(23)16-18/h4-16H,1-3H3. The van der Waals surface area contributed by atoms with Gasteiger partial charge < -0.3 is 0 Å². The number of hydrogen-bond acceptors (Lipinski definition) is 0. The molecule has 0 N–H and O–H groups in total. The minimum atomic E-state index is 0.0441. The lowest BCUT2D eigenvalue weighted by Crippen LogP contribution is -2.14.